The maximum atomic E-state index is 12.3. The molecule has 2 N–H and O–H groups in total. The van der Waals surface area contributed by atoms with Crippen LogP contribution in [-0.2, 0) is 13.1 Å². The number of nitrogens with one attached hydrogen (secondary N) is 2. The first-order valence-corrected chi connectivity index (χ1v) is 8.37. The highest BCUT2D eigenvalue weighted by Crippen LogP contribution is 2.30. The van der Waals surface area contributed by atoms with Crippen LogP contribution in [0.5, 0.6) is 0 Å². The fraction of sp³-hybridized carbons (Fsp3) is 0.611. The fourth-order valence-electron chi connectivity index (χ4n) is 3.62. The normalized spacial score (nSPS) is 23.5. The Morgan fingerprint density at radius 2 is 1.82 bits per heavy atom. The molecule has 4 heteroatoms. The molecular weight excluding hydrogens is 296 g/mol. The van der Waals surface area contributed by atoms with Gasteiger partial charge in [0.1, 0.15) is 0 Å². The van der Waals surface area contributed by atoms with Crippen LogP contribution < -0.4 is 10.6 Å². The molecule has 0 radical (unpaired) electrons. The third-order valence-electron chi connectivity index (χ3n) is 5.19. The molecular formula is C18H27ClN2O. The number of fused-ring (bicyclic) bond motifs is 1. The summed E-state index contributed by atoms with van der Waals surface area (Å²) in [6.07, 6.45) is 6.52. The highest BCUT2D eigenvalue weighted by Gasteiger charge is 2.20. The topological polar surface area (TPSA) is 41.1 Å². The summed E-state index contributed by atoms with van der Waals surface area (Å²) in [4.78, 5) is 12.3. The molecule has 1 aliphatic carbocycles. The number of halogens is 1. The molecule has 3 nitrogen and oxygen atoms in total. The molecule has 22 heavy (non-hydrogen) atoms. The van der Waals surface area contributed by atoms with Crippen LogP contribution in [0.3, 0.4) is 0 Å². The lowest BCUT2D eigenvalue weighted by atomic mass is 9.81. The summed E-state index contributed by atoms with van der Waals surface area (Å²) in [6.45, 7) is 4.94. The summed E-state index contributed by atoms with van der Waals surface area (Å²) in [6, 6.07) is 6.07. The highest BCUT2D eigenvalue weighted by molar-refractivity contribution is 5.94. The molecule has 0 atom stereocenters. The second kappa shape index (κ2) is 7.98. The highest BCUT2D eigenvalue weighted by atomic mass is 35.5. The van der Waals surface area contributed by atoms with Gasteiger partial charge in [0, 0.05) is 25.2 Å². The third kappa shape index (κ3) is 4.02. The van der Waals surface area contributed by atoms with Gasteiger partial charge in [-0.25, -0.2) is 0 Å². The van der Waals surface area contributed by atoms with Crippen LogP contribution >= 0.6 is 12.4 Å². The molecule has 1 aromatic rings. The molecule has 0 saturated heterocycles. The Hall–Kier alpha value is -1.06. The minimum Gasteiger partial charge on any atom is -0.352 e. The van der Waals surface area contributed by atoms with Crippen molar-refractivity contribution in [2.24, 2.45) is 11.8 Å². The van der Waals surface area contributed by atoms with Crippen molar-refractivity contribution in [2.75, 3.05) is 6.54 Å². The van der Waals surface area contributed by atoms with Crippen LogP contribution in [-0.4, -0.2) is 12.5 Å². The van der Waals surface area contributed by atoms with Crippen LogP contribution in [0, 0.1) is 11.8 Å². The van der Waals surface area contributed by atoms with Crippen LogP contribution in [0.4, 0.5) is 0 Å². The average molecular weight is 323 g/mol. The van der Waals surface area contributed by atoms with Crippen LogP contribution in [0.1, 0.15) is 60.5 Å². The van der Waals surface area contributed by atoms with Crippen molar-refractivity contribution in [1.29, 1.82) is 0 Å². The lowest BCUT2D eigenvalue weighted by Gasteiger charge is -2.27. The molecule has 0 aromatic heterocycles. The second-order valence-electron chi connectivity index (χ2n) is 6.59. The molecule has 122 valence electrons. The molecule has 1 saturated carbocycles. The van der Waals surface area contributed by atoms with E-state index in [1.54, 1.807) is 0 Å². The number of benzene rings is 1. The number of carbonyl (C=O) groups is 1. The molecule has 0 unspecified atom stereocenters. The van der Waals surface area contributed by atoms with Gasteiger partial charge in [-0.2, -0.15) is 0 Å². The van der Waals surface area contributed by atoms with Gasteiger partial charge in [0.2, 0.25) is 0 Å². The standard InChI is InChI=1S/C18H26N2O.ClH/c1-2-13-3-5-14(6-4-13)10-20-18(21)15-7-8-16-11-19-12-17(16)9-15;/h7-9,13-14,19H,2-6,10-12H2,1H3,(H,20,21);1H. The smallest absolute Gasteiger partial charge is 0.251 e. The van der Waals surface area contributed by atoms with E-state index in [1.165, 1.54) is 43.2 Å². The number of hydrogen-bond acceptors (Lipinski definition) is 2. The van der Waals surface area contributed by atoms with Crippen LogP contribution in [0.15, 0.2) is 18.2 Å². The van der Waals surface area contributed by atoms with Crippen molar-refractivity contribution in [3.63, 3.8) is 0 Å². The molecule has 1 aliphatic heterocycles. The average Bonchev–Trinajstić information content (AvgIpc) is 3.00. The van der Waals surface area contributed by atoms with Gasteiger partial charge in [-0.05, 0) is 47.9 Å². The molecule has 1 fully saturated rings. The molecule has 3 rings (SSSR count). The van der Waals surface area contributed by atoms with E-state index in [4.69, 9.17) is 0 Å². The predicted molar refractivity (Wildman–Crippen MR) is 92.3 cm³/mol. The van der Waals surface area contributed by atoms with E-state index in [1.807, 2.05) is 12.1 Å². The van der Waals surface area contributed by atoms with Gasteiger partial charge in [-0.15, -0.1) is 12.4 Å². The maximum absolute atomic E-state index is 12.3. The van der Waals surface area contributed by atoms with Gasteiger partial charge in [0.15, 0.2) is 0 Å². The van der Waals surface area contributed by atoms with E-state index < -0.39 is 0 Å². The number of hydrogen-bond donors (Lipinski definition) is 2. The molecule has 0 bridgehead atoms. The van der Waals surface area contributed by atoms with Crippen molar-refractivity contribution in [1.82, 2.24) is 10.6 Å². The SMILES string of the molecule is CCC1CCC(CNC(=O)c2ccc3c(c2)CNC3)CC1.Cl. The van der Waals surface area contributed by atoms with E-state index in [0.717, 1.165) is 31.1 Å². The van der Waals surface area contributed by atoms with Gasteiger partial charge in [0.05, 0.1) is 0 Å². The zero-order valence-electron chi connectivity index (χ0n) is 13.4. The number of rotatable bonds is 4. The van der Waals surface area contributed by atoms with Crippen LogP contribution in [0.25, 0.3) is 0 Å². The summed E-state index contributed by atoms with van der Waals surface area (Å²) in [7, 11) is 0. The molecule has 0 spiro atoms. The van der Waals surface area contributed by atoms with Gasteiger partial charge in [-0.1, -0.05) is 32.3 Å². The number of amides is 1. The largest absolute Gasteiger partial charge is 0.352 e. The summed E-state index contributed by atoms with van der Waals surface area (Å²) in [5, 5.41) is 6.45. The van der Waals surface area contributed by atoms with E-state index in [2.05, 4.69) is 23.6 Å². The van der Waals surface area contributed by atoms with Crippen molar-refractivity contribution in [3.8, 4) is 0 Å². The number of carbonyl (C=O) groups excluding carboxylic acids is 1. The quantitative estimate of drug-likeness (QED) is 0.888. The Bertz CT molecular complexity index is 510. The van der Waals surface area contributed by atoms with Crippen molar-refractivity contribution < 1.29 is 4.79 Å². The maximum Gasteiger partial charge on any atom is 0.251 e. The first-order valence-electron chi connectivity index (χ1n) is 8.37. The zero-order valence-corrected chi connectivity index (χ0v) is 14.2. The van der Waals surface area contributed by atoms with Gasteiger partial charge >= 0.3 is 0 Å². The van der Waals surface area contributed by atoms with Gasteiger partial charge < -0.3 is 10.6 Å². The Labute approximate surface area is 139 Å². The van der Waals surface area contributed by atoms with Crippen molar-refractivity contribution in [3.05, 3.63) is 34.9 Å². The van der Waals surface area contributed by atoms with E-state index in [-0.39, 0.29) is 18.3 Å². The summed E-state index contributed by atoms with van der Waals surface area (Å²) >= 11 is 0. The van der Waals surface area contributed by atoms with Crippen molar-refractivity contribution >= 4 is 18.3 Å². The second-order valence-corrected chi connectivity index (χ2v) is 6.59. The zero-order chi connectivity index (χ0) is 14.7. The lowest BCUT2D eigenvalue weighted by Crippen LogP contribution is -2.31. The van der Waals surface area contributed by atoms with Gasteiger partial charge in [-0.3, -0.25) is 4.79 Å². The Balaban J connectivity index is 0.00000176. The van der Waals surface area contributed by atoms with Crippen LogP contribution in [0.2, 0.25) is 0 Å². The molecule has 1 amide bonds. The fourth-order valence-corrected chi connectivity index (χ4v) is 3.62. The van der Waals surface area contributed by atoms with E-state index >= 15 is 0 Å². The Morgan fingerprint density at radius 3 is 2.55 bits per heavy atom. The molecule has 2 aliphatic rings. The predicted octanol–water partition coefficient (Wildman–Crippen LogP) is 3.66. The lowest BCUT2D eigenvalue weighted by molar-refractivity contribution is 0.0941. The van der Waals surface area contributed by atoms with E-state index in [9.17, 15) is 4.79 Å². The monoisotopic (exact) mass is 322 g/mol. The summed E-state index contributed by atoms with van der Waals surface area (Å²) in [5.41, 5.74) is 3.40. The molecule has 1 aromatic carbocycles. The third-order valence-corrected chi connectivity index (χ3v) is 5.19. The Kier molecular flexibility index (Phi) is 6.27. The first-order chi connectivity index (χ1) is 10.3. The Morgan fingerprint density at radius 1 is 1.14 bits per heavy atom. The summed E-state index contributed by atoms with van der Waals surface area (Å²) < 4.78 is 0. The minimum atomic E-state index is 0. The summed E-state index contributed by atoms with van der Waals surface area (Å²) in [5.74, 6) is 1.68. The van der Waals surface area contributed by atoms with Crippen molar-refractivity contribution in [2.45, 2.75) is 52.1 Å². The van der Waals surface area contributed by atoms with Gasteiger partial charge in [0.25, 0.3) is 5.91 Å². The minimum absolute atomic E-state index is 0. The first kappa shape index (κ1) is 17.3. The molecule has 1 heterocycles. The van der Waals surface area contributed by atoms with E-state index in [0.29, 0.717) is 5.92 Å².